The zero-order valence-corrected chi connectivity index (χ0v) is 23.0. The summed E-state index contributed by atoms with van der Waals surface area (Å²) in [6.07, 6.45) is 10.9. The average Bonchev–Trinajstić information content (AvgIpc) is 3.39. The molecule has 194 valence electrons. The Morgan fingerprint density at radius 1 is 0.944 bits per heavy atom. The number of benzene rings is 1. The molecule has 0 radical (unpaired) electrons. The van der Waals surface area contributed by atoms with Crippen molar-refractivity contribution in [2.75, 3.05) is 47.8 Å². The number of rotatable bonds is 6. The lowest BCUT2D eigenvalue weighted by atomic mass is 9.79. The molecule has 1 saturated carbocycles. The lowest BCUT2D eigenvalue weighted by Crippen LogP contribution is -2.41. The lowest BCUT2D eigenvalue weighted by molar-refractivity contribution is 0.435. The summed E-state index contributed by atoms with van der Waals surface area (Å²) >= 11 is 11.9. The molecule has 6 nitrogen and oxygen atoms in total. The van der Waals surface area contributed by atoms with Crippen molar-refractivity contribution in [3.8, 4) is 0 Å². The first-order valence-electron chi connectivity index (χ1n) is 13.7. The molecular formula is C28H39ClN6S. The minimum atomic E-state index is 0.0858. The van der Waals surface area contributed by atoms with Crippen molar-refractivity contribution in [1.82, 2.24) is 15.3 Å². The van der Waals surface area contributed by atoms with E-state index in [1.54, 1.807) is 0 Å². The van der Waals surface area contributed by atoms with Crippen LogP contribution in [0.1, 0.15) is 70.3 Å². The Bertz CT molecular complexity index is 1020. The van der Waals surface area contributed by atoms with Crippen molar-refractivity contribution in [2.24, 2.45) is 5.92 Å². The van der Waals surface area contributed by atoms with Gasteiger partial charge >= 0.3 is 0 Å². The van der Waals surface area contributed by atoms with Crippen LogP contribution in [0.15, 0.2) is 30.3 Å². The number of nitrogens with one attached hydrogen (secondary N) is 2. The zero-order chi connectivity index (χ0) is 25.0. The number of nitrogens with zero attached hydrogens (tertiary/aromatic N) is 4. The highest BCUT2D eigenvalue weighted by molar-refractivity contribution is 7.80. The number of halogens is 1. The number of hydrogen-bond donors (Lipinski definition) is 2. The third-order valence-corrected chi connectivity index (χ3v) is 8.82. The molecule has 2 aliphatic heterocycles. The second-order valence-corrected chi connectivity index (χ2v) is 11.8. The van der Waals surface area contributed by atoms with Gasteiger partial charge < -0.3 is 20.4 Å². The van der Waals surface area contributed by atoms with Gasteiger partial charge in [-0.3, -0.25) is 0 Å². The molecule has 1 aromatic heterocycles. The summed E-state index contributed by atoms with van der Waals surface area (Å²) in [5.74, 6) is 3.40. The van der Waals surface area contributed by atoms with E-state index in [2.05, 4.69) is 45.6 Å². The van der Waals surface area contributed by atoms with E-state index in [1.165, 1.54) is 50.5 Å². The van der Waals surface area contributed by atoms with E-state index < -0.39 is 0 Å². The van der Waals surface area contributed by atoms with Crippen LogP contribution in [0.25, 0.3) is 0 Å². The molecule has 36 heavy (non-hydrogen) atoms. The van der Waals surface area contributed by atoms with Gasteiger partial charge in [-0.05, 0) is 80.8 Å². The lowest BCUT2D eigenvalue weighted by Gasteiger charge is -2.33. The summed E-state index contributed by atoms with van der Waals surface area (Å²) in [6, 6.07) is 10.5. The molecule has 8 heteroatoms. The highest BCUT2D eigenvalue weighted by Crippen LogP contribution is 2.41. The number of piperidine rings is 2. The molecule has 2 N–H and O–H groups in total. The molecule has 3 fully saturated rings. The third-order valence-electron chi connectivity index (χ3n) is 8.32. The molecular weight excluding hydrogens is 488 g/mol. The van der Waals surface area contributed by atoms with E-state index in [9.17, 15) is 0 Å². The Hall–Kier alpha value is -2.12. The van der Waals surface area contributed by atoms with Crippen molar-refractivity contribution in [3.05, 3.63) is 40.9 Å². The summed E-state index contributed by atoms with van der Waals surface area (Å²) < 4.78 is 0. The molecule has 0 unspecified atom stereocenters. The second kappa shape index (κ2) is 11.5. The van der Waals surface area contributed by atoms with Gasteiger partial charge in [0.15, 0.2) is 5.11 Å². The first-order chi connectivity index (χ1) is 17.5. The van der Waals surface area contributed by atoms with Crippen LogP contribution in [-0.4, -0.2) is 47.8 Å². The van der Waals surface area contributed by atoms with Crippen LogP contribution in [-0.2, 0) is 5.41 Å². The van der Waals surface area contributed by atoms with Gasteiger partial charge in [0, 0.05) is 49.2 Å². The van der Waals surface area contributed by atoms with Gasteiger partial charge in [0.05, 0.1) is 0 Å². The predicted octanol–water partition coefficient (Wildman–Crippen LogP) is 6.16. The van der Waals surface area contributed by atoms with E-state index in [0.717, 1.165) is 68.1 Å². The topological polar surface area (TPSA) is 56.3 Å². The van der Waals surface area contributed by atoms with E-state index in [0.29, 0.717) is 11.1 Å². The maximum atomic E-state index is 6.16. The van der Waals surface area contributed by atoms with E-state index >= 15 is 0 Å². The smallest absolute Gasteiger partial charge is 0.232 e. The standard InChI is InChI=1S/C28H39ClN6S/c1-21-11-17-35(18-12-21)25-19-24(34-15-5-2-6-16-34)31-26(32-25)33-27(36)30-20-28(13-3-4-14-28)22-7-9-23(29)10-8-22/h7-10,19,21H,2-6,11-18,20H2,1H3,(H2,30,31,32,33,36). The fraction of sp³-hybridized carbons (Fsp3) is 0.607. The molecule has 0 bridgehead atoms. The Morgan fingerprint density at radius 3 is 2.19 bits per heavy atom. The van der Waals surface area contributed by atoms with Gasteiger partial charge in [-0.2, -0.15) is 9.97 Å². The first kappa shape index (κ1) is 25.5. The summed E-state index contributed by atoms with van der Waals surface area (Å²) in [7, 11) is 0. The highest BCUT2D eigenvalue weighted by atomic mass is 35.5. The molecule has 5 rings (SSSR count). The SMILES string of the molecule is CC1CCN(c2cc(N3CCCCC3)nc(NC(=S)NCC3(c4ccc(Cl)cc4)CCCC3)n2)CC1. The summed E-state index contributed by atoms with van der Waals surface area (Å²) in [4.78, 5) is 14.6. The van der Waals surface area contributed by atoms with Crippen molar-refractivity contribution < 1.29 is 0 Å². The molecule has 3 heterocycles. The molecule has 0 spiro atoms. The normalized spacial score (nSPS) is 20.4. The van der Waals surface area contributed by atoms with E-state index in [4.69, 9.17) is 33.8 Å². The van der Waals surface area contributed by atoms with Gasteiger partial charge in [-0.15, -0.1) is 0 Å². The molecule has 0 amide bonds. The summed E-state index contributed by atoms with van der Waals surface area (Å²) in [5.41, 5.74) is 1.42. The quantitative estimate of drug-likeness (QED) is 0.437. The Kier molecular flexibility index (Phi) is 8.16. The average molecular weight is 527 g/mol. The number of aromatic nitrogens is 2. The van der Waals surface area contributed by atoms with Crippen molar-refractivity contribution in [1.29, 1.82) is 0 Å². The third kappa shape index (κ3) is 6.05. The fourth-order valence-electron chi connectivity index (χ4n) is 5.98. The van der Waals surface area contributed by atoms with Crippen LogP contribution in [0.4, 0.5) is 17.6 Å². The summed E-state index contributed by atoms with van der Waals surface area (Å²) in [6.45, 7) is 7.34. The zero-order valence-electron chi connectivity index (χ0n) is 21.4. The maximum Gasteiger partial charge on any atom is 0.232 e. The Morgan fingerprint density at radius 2 is 1.56 bits per heavy atom. The minimum Gasteiger partial charge on any atom is -0.361 e. The molecule has 1 aliphatic carbocycles. The van der Waals surface area contributed by atoms with Gasteiger partial charge in [-0.1, -0.05) is 43.5 Å². The largest absolute Gasteiger partial charge is 0.361 e. The number of hydrogen-bond acceptors (Lipinski definition) is 5. The number of thiocarbonyl (C=S) groups is 1. The van der Waals surface area contributed by atoms with E-state index in [-0.39, 0.29) is 5.41 Å². The molecule has 1 aromatic carbocycles. The van der Waals surface area contributed by atoms with Crippen LogP contribution in [0.5, 0.6) is 0 Å². The van der Waals surface area contributed by atoms with Crippen molar-refractivity contribution in [2.45, 2.75) is 70.1 Å². The maximum absolute atomic E-state index is 6.16. The van der Waals surface area contributed by atoms with Gasteiger partial charge in [0.25, 0.3) is 0 Å². The molecule has 3 aliphatic rings. The van der Waals surface area contributed by atoms with Crippen LogP contribution < -0.4 is 20.4 Å². The number of anilines is 3. The second-order valence-electron chi connectivity index (χ2n) is 10.9. The van der Waals surface area contributed by atoms with Crippen LogP contribution in [0.2, 0.25) is 5.02 Å². The molecule has 2 aromatic rings. The van der Waals surface area contributed by atoms with Gasteiger partial charge in [-0.25, -0.2) is 0 Å². The van der Waals surface area contributed by atoms with Crippen LogP contribution in [0, 0.1) is 5.92 Å². The van der Waals surface area contributed by atoms with Crippen molar-refractivity contribution in [3.63, 3.8) is 0 Å². The molecule has 0 atom stereocenters. The summed E-state index contributed by atoms with van der Waals surface area (Å²) in [5, 5.41) is 8.21. The van der Waals surface area contributed by atoms with Crippen molar-refractivity contribution >= 4 is 46.5 Å². The molecule has 2 saturated heterocycles. The fourth-order valence-corrected chi connectivity index (χ4v) is 6.27. The van der Waals surface area contributed by atoms with Gasteiger partial charge in [0.1, 0.15) is 11.6 Å². The van der Waals surface area contributed by atoms with Crippen LogP contribution in [0.3, 0.4) is 0 Å². The van der Waals surface area contributed by atoms with E-state index in [1.807, 2.05) is 12.1 Å². The minimum absolute atomic E-state index is 0.0858. The van der Waals surface area contributed by atoms with Gasteiger partial charge in [0.2, 0.25) is 5.95 Å². The monoisotopic (exact) mass is 526 g/mol. The Labute approximate surface area is 226 Å². The Balaban J connectivity index is 1.30. The first-order valence-corrected chi connectivity index (χ1v) is 14.5. The highest BCUT2D eigenvalue weighted by Gasteiger charge is 2.35. The van der Waals surface area contributed by atoms with Crippen LogP contribution >= 0.6 is 23.8 Å². The predicted molar refractivity (Wildman–Crippen MR) is 155 cm³/mol.